The Labute approximate surface area is 184 Å². The summed E-state index contributed by atoms with van der Waals surface area (Å²) in [7, 11) is 0. The van der Waals surface area contributed by atoms with Crippen molar-refractivity contribution in [3.63, 3.8) is 0 Å². The van der Waals surface area contributed by atoms with Gasteiger partial charge in [0.05, 0.1) is 13.0 Å². The van der Waals surface area contributed by atoms with E-state index in [1.165, 1.54) is 0 Å². The van der Waals surface area contributed by atoms with E-state index in [1.54, 1.807) is 37.3 Å². The third-order valence-corrected chi connectivity index (χ3v) is 5.46. The first-order valence-electron chi connectivity index (χ1n) is 10.1. The number of nitrogens with one attached hydrogen (secondary N) is 3. The second-order valence-electron chi connectivity index (χ2n) is 7.69. The van der Waals surface area contributed by atoms with Gasteiger partial charge in [-0.05, 0) is 28.8 Å². The molecule has 1 fully saturated rings. The molecule has 0 aromatic heterocycles. The van der Waals surface area contributed by atoms with Gasteiger partial charge in [0.25, 0.3) is 11.8 Å². The van der Waals surface area contributed by atoms with Gasteiger partial charge in [-0.15, -0.1) is 0 Å². The van der Waals surface area contributed by atoms with Gasteiger partial charge in [-0.2, -0.15) is 5.01 Å². The predicted octanol–water partition coefficient (Wildman–Crippen LogP) is 2.00. The lowest BCUT2D eigenvalue weighted by atomic mass is 9.92. The molecule has 162 valence electrons. The summed E-state index contributed by atoms with van der Waals surface area (Å²) < 4.78 is 0. The SMILES string of the molecule is C[C@@]1(c2ccccc2)NC(=O)N(NC(=O)CNC(=O)Cc2cccc3ccccc23)C1=O. The molecule has 1 heterocycles. The molecular formula is C24H22N4O4. The number of rotatable bonds is 6. The van der Waals surface area contributed by atoms with Crippen LogP contribution in [0, 0.1) is 0 Å². The first-order valence-corrected chi connectivity index (χ1v) is 10.1. The number of hydrogen-bond donors (Lipinski definition) is 3. The second kappa shape index (κ2) is 8.50. The Morgan fingerprint density at radius 3 is 2.38 bits per heavy atom. The van der Waals surface area contributed by atoms with Crippen LogP contribution in [0.25, 0.3) is 10.8 Å². The highest BCUT2D eigenvalue weighted by Crippen LogP contribution is 2.27. The summed E-state index contributed by atoms with van der Waals surface area (Å²) in [5, 5.41) is 7.77. The number of hydrogen-bond acceptors (Lipinski definition) is 4. The summed E-state index contributed by atoms with van der Waals surface area (Å²) in [6.07, 6.45) is 0.101. The molecule has 3 aromatic rings. The van der Waals surface area contributed by atoms with Crippen LogP contribution in [0.4, 0.5) is 4.79 Å². The van der Waals surface area contributed by atoms with Crippen molar-refractivity contribution in [3.8, 4) is 0 Å². The number of carbonyl (C=O) groups excluding carboxylic acids is 4. The number of fused-ring (bicyclic) bond motifs is 1. The van der Waals surface area contributed by atoms with E-state index in [-0.39, 0.29) is 18.9 Å². The molecule has 0 spiro atoms. The average molecular weight is 430 g/mol. The van der Waals surface area contributed by atoms with Crippen molar-refractivity contribution in [3.05, 3.63) is 83.9 Å². The highest BCUT2D eigenvalue weighted by Gasteiger charge is 2.49. The van der Waals surface area contributed by atoms with Crippen molar-refractivity contribution < 1.29 is 19.2 Å². The van der Waals surface area contributed by atoms with Crippen LogP contribution in [-0.4, -0.2) is 35.3 Å². The number of imide groups is 1. The minimum atomic E-state index is -1.29. The summed E-state index contributed by atoms with van der Waals surface area (Å²) in [5.74, 6) is -1.64. The van der Waals surface area contributed by atoms with Crippen LogP contribution in [0.15, 0.2) is 72.8 Å². The molecule has 0 aliphatic carbocycles. The fraction of sp³-hybridized carbons (Fsp3) is 0.167. The summed E-state index contributed by atoms with van der Waals surface area (Å²) in [6, 6.07) is 21.4. The molecular weight excluding hydrogens is 408 g/mol. The molecule has 8 nitrogen and oxygen atoms in total. The largest absolute Gasteiger partial charge is 0.347 e. The van der Waals surface area contributed by atoms with Crippen LogP contribution in [0.1, 0.15) is 18.1 Å². The number of carbonyl (C=O) groups is 4. The van der Waals surface area contributed by atoms with E-state index in [9.17, 15) is 19.2 Å². The molecule has 1 aliphatic heterocycles. The number of urea groups is 1. The number of nitrogens with zero attached hydrogens (tertiary/aromatic N) is 1. The van der Waals surface area contributed by atoms with Crippen molar-refractivity contribution in [1.82, 2.24) is 21.1 Å². The lowest BCUT2D eigenvalue weighted by molar-refractivity contribution is -0.138. The van der Waals surface area contributed by atoms with Gasteiger partial charge in [-0.1, -0.05) is 72.8 Å². The standard InChI is InChI=1S/C24H22N4O4/c1-24(18-11-3-2-4-12-18)22(31)28(23(32)26-24)27-21(30)15-25-20(29)14-17-10-7-9-16-8-5-6-13-19(16)17/h2-13H,14-15H2,1H3,(H,25,29)(H,26,32)(H,27,30)/t24-/m0/s1. The highest BCUT2D eigenvalue weighted by atomic mass is 16.2. The number of benzene rings is 3. The Kier molecular flexibility index (Phi) is 5.59. The highest BCUT2D eigenvalue weighted by molar-refractivity contribution is 6.08. The van der Waals surface area contributed by atoms with Crippen LogP contribution < -0.4 is 16.1 Å². The molecule has 3 aromatic carbocycles. The minimum Gasteiger partial charge on any atom is -0.347 e. The van der Waals surface area contributed by atoms with Crippen molar-refractivity contribution in [2.75, 3.05) is 6.54 Å². The first kappa shape index (κ1) is 21.0. The molecule has 3 N–H and O–H groups in total. The zero-order chi connectivity index (χ0) is 22.7. The van der Waals surface area contributed by atoms with Gasteiger partial charge in [0.1, 0.15) is 5.54 Å². The van der Waals surface area contributed by atoms with E-state index in [1.807, 2.05) is 42.5 Å². The van der Waals surface area contributed by atoms with Crippen LogP contribution in [0.5, 0.6) is 0 Å². The molecule has 0 radical (unpaired) electrons. The molecule has 0 bridgehead atoms. The van der Waals surface area contributed by atoms with Crippen molar-refractivity contribution in [2.45, 2.75) is 18.9 Å². The van der Waals surface area contributed by atoms with E-state index in [4.69, 9.17) is 0 Å². The van der Waals surface area contributed by atoms with E-state index in [0.717, 1.165) is 16.3 Å². The van der Waals surface area contributed by atoms with Crippen LogP contribution >= 0.6 is 0 Å². The van der Waals surface area contributed by atoms with Gasteiger partial charge < -0.3 is 10.6 Å². The van der Waals surface area contributed by atoms with Crippen LogP contribution in [-0.2, 0) is 26.3 Å². The Hall–Kier alpha value is -4.20. The second-order valence-corrected chi connectivity index (χ2v) is 7.69. The molecule has 1 saturated heterocycles. The summed E-state index contributed by atoms with van der Waals surface area (Å²) in [4.78, 5) is 49.8. The zero-order valence-electron chi connectivity index (χ0n) is 17.4. The number of amides is 5. The van der Waals surface area contributed by atoms with Gasteiger partial charge >= 0.3 is 6.03 Å². The molecule has 1 aliphatic rings. The summed E-state index contributed by atoms with van der Waals surface area (Å²) in [6.45, 7) is 1.20. The maximum Gasteiger partial charge on any atom is 0.344 e. The summed E-state index contributed by atoms with van der Waals surface area (Å²) >= 11 is 0. The van der Waals surface area contributed by atoms with Gasteiger partial charge in [-0.3, -0.25) is 19.8 Å². The Balaban J connectivity index is 1.35. The Bertz CT molecular complexity index is 1210. The average Bonchev–Trinajstić information content (AvgIpc) is 3.02. The molecule has 4 rings (SSSR count). The molecule has 32 heavy (non-hydrogen) atoms. The molecule has 0 saturated carbocycles. The van der Waals surface area contributed by atoms with Crippen molar-refractivity contribution in [2.24, 2.45) is 0 Å². The Morgan fingerprint density at radius 1 is 0.906 bits per heavy atom. The third-order valence-electron chi connectivity index (χ3n) is 5.46. The van der Waals surface area contributed by atoms with E-state index >= 15 is 0 Å². The topological polar surface area (TPSA) is 108 Å². The quantitative estimate of drug-likeness (QED) is 0.520. The fourth-order valence-corrected chi connectivity index (χ4v) is 3.73. The predicted molar refractivity (Wildman–Crippen MR) is 118 cm³/mol. The molecule has 0 unspecified atom stereocenters. The normalized spacial score (nSPS) is 17.8. The van der Waals surface area contributed by atoms with E-state index in [2.05, 4.69) is 16.1 Å². The van der Waals surface area contributed by atoms with Crippen LogP contribution in [0.2, 0.25) is 0 Å². The lowest BCUT2D eigenvalue weighted by Crippen LogP contribution is -2.50. The molecule has 8 heteroatoms. The molecule has 1 atom stereocenters. The first-order chi connectivity index (χ1) is 15.4. The summed E-state index contributed by atoms with van der Waals surface area (Å²) in [5.41, 5.74) is 2.42. The maximum atomic E-state index is 12.8. The van der Waals surface area contributed by atoms with Gasteiger partial charge in [0.2, 0.25) is 5.91 Å². The van der Waals surface area contributed by atoms with Crippen molar-refractivity contribution >= 4 is 34.5 Å². The zero-order valence-corrected chi connectivity index (χ0v) is 17.4. The smallest absolute Gasteiger partial charge is 0.344 e. The number of hydrazine groups is 1. The maximum absolute atomic E-state index is 12.8. The molecule has 5 amide bonds. The van der Waals surface area contributed by atoms with Gasteiger partial charge in [-0.25, -0.2) is 4.79 Å². The Morgan fingerprint density at radius 2 is 1.59 bits per heavy atom. The van der Waals surface area contributed by atoms with E-state index < -0.39 is 23.4 Å². The van der Waals surface area contributed by atoms with E-state index in [0.29, 0.717) is 10.6 Å². The monoisotopic (exact) mass is 430 g/mol. The lowest BCUT2D eigenvalue weighted by Gasteiger charge is -2.22. The van der Waals surface area contributed by atoms with Crippen LogP contribution in [0.3, 0.4) is 0 Å². The third kappa shape index (κ3) is 4.02. The minimum absolute atomic E-state index is 0.101. The fourth-order valence-electron chi connectivity index (χ4n) is 3.73. The van der Waals surface area contributed by atoms with Crippen molar-refractivity contribution in [1.29, 1.82) is 0 Å². The van der Waals surface area contributed by atoms with Gasteiger partial charge in [0.15, 0.2) is 0 Å². The van der Waals surface area contributed by atoms with Gasteiger partial charge in [0, 0.05) is 0 Å².